The number of rotatable bonds is 5. The van der Waals surface area contributed by atoms with Gasteiger partial charge in [0.25, 0.3) is 5.91 Å². The molecule has 0 spiro atoms. The molecule has 3 aromatic heterocycles. The number of aromatic nitrogens is 7. The summed E-state index contributed by atoms with van der Waals surface area (Å²) in [6.45, 7) is 1.93. The van der Waals surface area contributed by atoms with E-state index in [1.807, 2.05) is 19.1 Å². The van der Waals surface area contributed by atoms with E-state index in [1.54, 1.807) is 17.8 Å². The van der Waals surface area contributed by atoms with Gasteiger partial charge < -0.3 is 10.6 Å². The van der Waals surface area contributed by atoms with Gasteiger partial charge in [0, 0.05) is 27.4 Å². The van der Waals surface area contributed by atoms with Crippen LogP contribution >= 0.6 is 31.9 Å². The molecule has 0 aliphatic heterocycles. The molecule has 0 radical (unpaired) electrons. The van der Waals surface area contributed by atoms with Crippen molar-refractivity contribution in [2.45, 2.75) is 13.0 Å². The Hall–Kier alpha value is -2.99. The second-order valence-electron chi connectivity index (χ2n) is 6.24. The quantitative estimate of drug-likeness (QED) is 0.402. The third-order valence-corrected chi connectivity index (χ3v) is 5.36. The summed E-state index contributed by atoms with van der Waals surface area (Å²) >= 11 is 7.03. The van der Waals surface area contributed by atoms with Gasteiger partial charge in [-0.1, -0.05) is 15.9 Å². The fourth-order valence-corrected chi connectivity index (χ4v) is 4.24. The molecule has 3 heterocycles. The lowest BCUT2D eigenvalue weighted by atomic mass is 10.2. The van der Waals surface area contributed by atoms with Crippen molar-refractivity contribution >= 4 is 54.5 Å². The predicted molar refractivity (Wildman–Crippen MR) is 117 cm³/mol. The van der Waals surface area contributed by atoms with Gasteiger partial charge in [0.05, 0.1) is 11.6 Å². The average Bonchev–Trinajstić information content (AvgIpc) is 3.24. The summed E-state index contributed by atoms with van der Waals surface area (Å²) in [7, 11) is 1.54. The number of nitrogens with one attached hydrogen (secondary N) is 2. The highest BCUT2D eigenvalue weighted by molar-refractivity contribution is 9.11. The third kappa shape index (κ3) is 3.87. The first-order valence-corrected chi connectivity index (χ1v) is 10.4. The highest BCUT2D eigenvalue weighted by atomic mass is 79.9. The molecule has 12 heteroatoms. The maximum absolute atomic E-state index is 11.9. The van der Waals surface area contributed by atoms with Crippen molar-refractivity contribution in [2.24, 2.45) is 0 Å². The van der Waals surface area contributed by atoms with Crippen LogP contribution in [0.4, 0.5) is 5.82 Å². The van der Waals surface area contributed by atoms with Crippen LogP contribution in [0.1, 0.15) is 29.3 Å². The summed E-state index contributed by atoms with van der Waals surface area (Å²) < 4.78 is 3.31. The lowest BCUT2D eigenvalue weighted by Crippen LogP contribution is -2.20. The van der Waals surface area contributed by atoms with Crippen LogP contribution in [0.2, 0.25) is 0 Å². The fourth-order valence-electron chi connectivity index (χ4n) is 2.91. The Kier molecular flexibility index (Phi) is 5.68. The van der Waals surface area contributed by atoms with Crippen molar-refractivity contribution in [1.82, 2.24) is 40.0 Å². The molecule has 30 heavy (non-hydrogen) atoms. The van der Waals surface area contributed by atoms with Gasteiger partial charge in [-0.05, 0) is 35.0 Å². The molecule has 1 aromatic carbocycles. The number of hydrogen-bond acceptors (Lipinski definition) is 8. The summed E-state index contributed by atoms with van der Waals surface area (Å²) in [6, 6.07) is 5.15. The van der Waals surface area contributed by atoms with Crippen molar-refractivity contribution in [3.8, 4) is 5.82 Å². The minimum Gasteiger partial charge on any atom is -0.360 e. The van der Waals surface area contributed by atoms with Crippen LogP contribution in [0.3, 0.4) is 0 Å². The van der Waals surface area contributed by atoms with Gasteiger partial charge in [0.15, 0.2) is 11.6 Å². The topological polar surface area (TPSA) is 123 Å². The highest BCUT2D eigenvalue weighted by Gasteiger charge is 2.18. The first-order valence-electron chi connectivity index (χ1n) is 8.78. The van der Waals surface area contributed by atoms with Crippen LogP contribution in [0, 0.1) is 0 Å². The van der Waals surface area contributed by atoms with Crippen LogP contribution in [-0.4, -0.2) is 47.7 Å². The summed E-state index contributed by atoms with van der Waals surface area (Å²) in [6.07, 6.45) is 4.25. The van der Waals surface area contributed by atoms with Gasteiger partial charge in [-0.25, -0.2) is 24.9 Å². The Bertz CT molecular complexity index is 1240. The Morgan fingerprint density at radius 3 is 2.63 bits per heavy atom. The lowest BCUT2D eigenvalue weighted by molar-refractivity contribution is 0.0958. The van der Waals surface area contributed by atoms with Gasteiger partial charge in [0.2, 0.25) is 0 Å². The van der Waals surface area contributed by atoms with Crippen molar-refractivity contribution in [3.05, 3.63) is 57.6 Å². The highest BCUT2D eigenvalue weighted by Crippen LogP contribution is 2.31. The third-order valence-electron chi connectivity index (χ3n) is 4.30. The van der Waals surface area contributed by atoms with Gasteiger partial charge in [-0.15, -0.1) is 0 Å². The second kappa shape index (κ2) is 8.40. The molecule has 0 bridgehead atoms. The molecule has 0 aliphatic rings. The SMILES string of the molecule is CNC(=O)c1cc(-n2ncnc2[C@H](C)Nc2ncnc3c(Br)cc(Br)cc23)ncn1. The maximum Gasteiger partial charge on any atom is 0.269 e. The van der Waals surface area contributed by atoms with E-state index < -0.39 is 0 Å². The Balaban J connectivity index is 1.69. The molecule has 0 aliphatic carbocycles. The number of carbonyl (C=O) groups is 1. The normalized spacial score (nSPS) is 12.0. The number of fused-ring (bicyclic) bond motifs is 1. The van der Waals surface area contributed by atoms with Gasteiger partial charge in [-0.2, -0.15) is 9.78 Å². The van der Waals surface area contributed by atoms with E-state index in [9.17, 15) is 4.79 Å². The zero-order valence-electron chi connectivity index (χ0n) is 15.8. The summed E-state index contributed by atoms with van der Waals surface area (Å²) in [4.78, 5) is 33.2. The van der Waals surface area contributed by atoms with Gasteiger partial charge >= 0.3 is 0 Å². The van der Waals surface area contributed by atoms with E-state index in [4.69, 9.17) is 0 Å². The zero-order valence-corrected chi connectivity index (χ0v) is 19.0. The lowest BCUT2D eigenvalue weighted by Gasteiger charge is -2.16. The number of amides is 1. The molecule has 1 amide bonds. The number of carbonyl (C=O) groups excluding carboxylic acids is 1. The predicted octanol–water partition coefficient (Wildman–Crippen LogP) is 3.06. The van der Waals surface area contributed by atoms with E-state index in [2.05, 4.69) is 72.5 Å². The molecule has 0 saturated heterocycles. The van der Waals surface area contributed by atoms with Crippen LogP contribution in [0.25, 0.3) is 16.7 Å². The summed E-state index contributed by atoms with van der Waals surface area (Å²) in [5.41, 5.74) is 1.02. The van der Waals surface area contributed by atoms with E-state index in [0.29, 0.717) is 17.5 Å². The molecule has 4 rings (SSSR count). The summed E-state index contributed by atoms with van der Waals surface area (Å²) in [5, 5.41) is 11.0. The molecule has 0 unspecified atom stereocenters. The Morgan fingerprint density at radius 2 is 1.83 bits per heavy atom. The molecule has 0 saturated carbocycles. The minimum atomic E-state index is -0.310. The Morgan fingerprint density at radius 1 is 1.03 bits per heavy atom. The fraction of sp³-hybridized carbons (Fsp3) is 0.167. The van der Waals surface area contributed by atoms with E-state index in [-0.39, 0.29) is 17.6 Å². The number of nitrogens with zero attached hydrogens (tertiary/aromatic N) is 7. The molecule has 2 N–H and O–H groups in total. The van der Waals surface area contributed by atoms with Crippen LogP contribution in [0.5, 0.6) is 0 Å². The van der Waals surface area contributed by atoms with Crippen LogP contribution < -0.4 is 10.6 Å². The van der Waals surface area contributed by atoms with Crippen molar-refractivity contribution in [2.75, 3.05) is 12.4 Å². The zero-order chi connectivity index (χ0) is 21.3. The van der Waals surface area contributed by atoms with Crippen molar-refractivity contribution in [1.29, 1.82) is 0 Å². The minimum absolute atomic E-state index is 0.237. The first-order chi connectivity index (χ1) is 14.5. The average molecular weight is 533 g/mol. The number of anilines is 1. The van der Waals surface area contributed by atoms with Crippen molar-refractivity contribution in [3.63, 3.8) is 0 Å². The standard InChI is InChI=1S/C18H15Br2N9O/c1-9(28-16-11-3-10(19)4-12(20)15(11)24-7-25-16)17-26-8-27-29(17)14-5-13(18(30)21-2)22-6-23-14/h3-9H,1-2H3,(H,21,30)(H,24,25,28)/t9-/m0/s1. The van der Waals surface area contributed by atoms with E-state index in [1.165, 1.54) is 19.0 Å². The molecule has 4 aromatic rings. The molecular weight excluding hydrogens is 518 g/mol. The molecule has 0 fully saturated rings. The van der Waals surface area contributed by atoms with E-state index >= 15 is 0 Å². The number of halogens is 2. The summed E-state index contributed by atoms with van der Waals surface area (Å²) in [5.74, 6) is 1.37. The monoisotopic (exact) mass is 531 g/mol. The molecule has 1 atom stereocenters. The van der Waals surface area contributed by atoms with Crippen LogP contribution in [0.15, 0.2) is 46.1 Å². The van der Waals surface area contributed by atoms with Gasteiger partial charge in [0.1, 0.15) is 30.5 Å². The van der Waals surface area contributed by atoms with E-state index in [0.717, 1.165) is 19.8 Å². The first kappa shape index (κ1) is 20.3. The smallest absolute Gasteiger partial charge is 0.269 e. The number of benzene rings is 1. The molecular formula is C18H15Br2N9O. The Labute approximate surface area is 187 Å². The van der Waals surface area contributed by atoms with Gasteiger partial charge in [-0.3, -0.25) is 4.79 Å². The van der Waals surface area contributed by atoms with Crippen LogP contribution in [-0.2, 0) is 0 Å². The van der Waals surface area contributed by atoms with Crippen molar-refractivity contribution < 1.29 is 4.79 Å². The largest absolute Gasteiger partial charge is 0.360 e. The maximum atomic E-state index is 11.9. The second-order valence-corrected chi connectivity index (χ2v) is 8.01. The molecule has 152 valence electrons. The molecule has 10 nitrogen and oxygen atoms in total. The number of hydrogen-bond donors (Lipinski definition) is 2.